The fourth-order valence-corrected chi connectivity index (χ4v) is 6.26. The van der Waals surface area contributed by atoms with E-state index in [0.29, 0.717) is 11.3 Å². The number of ketones is 1. The highest BCUT2D eigenvalue weighted by Crippen LogP contribution is 2.48. The first-order valence-electron chi connectivity index (χ1n) is 11.3. The molecule has 5 rings (SSSR count). The fraction of sp³-hybridized carbons (Fsp3) is 0.138. The number of anilines is 1. The van der Waals surface area contributed by atoms with Gasteiger partial charge in [0.25, 0.3) is 10.0 Å². The lowest BCUT2D eigenvalue weighted by atomic mass is 9.86. The Morgan fingerprint density at radius 1 is 0.765 bits per heavy atom. The molecule has 4 aromatic carbocycles. The average molecular weight is 468 g/mol. The molecule has 0 aliphatic carbocycles. The van der Waals surface area contributed by atoms with E-state index in [-0.39, 0.29) is 17.1 Å². The van der Waals surface area contributed by atoms with Crippen molar-refractivity contribution in [1.82, 2.24) is 0 Å². The number of benzene rings is 4. The van der Waals surface area contributed by atoms with Crippen LogP contribution in [-0.2, 0) is 10.0 Å². The minimum Gasteiger partial charge on any atom is -0.294 e. The van der Waals surface area contributed by atoms with E-state index < -0.39 is 16.1 Å². The van der Waals surface area contributed by atoms with Gasteiger partial charge in [0.15, 0.2) is 5.78 Å². The van der Waals surface area contributed by atoms with Crippen molar-refractivity contribution in [2.24, 2.45) is 0 Å². The highest BCUT2D eigenvalue weighted by molar-refractivity contribution is 7.92. The molecule has 0 N–H and O–H groups in total. The zero-order valence-electron chi connectivity index (χ0n) is 19.1. The number of Topliss-reactive ketones (excluding diaryl/α,β-unsaturated/α-hetero) is 1. The van der Waals surface area contributed by atoms with Gasteiger partial charge in [-0.15, -0.1) is 0 Å². The van der Waals surface area contributed by atoms with E-state index in [2.05, 4.69) is 0 Å². The summed E-state index contributed by atoms with van der Waals surface area (Å²) in [4.78, 5) is 13.5. The molecular formula is C29H25NO3S. The molecule has 1 heterocycles. The van der Waals surface area contributed by atoms with E-state index in [1.807, 2.05) is 74.5 Å². The van der Waals surface area contributed by atoms with E-state index in [9.17, 15) is 13.2 Å². The predicted octanol–water partition coefficient (Wildman–Crippen LogP) is 6.49. The highest BCUT2D eigenvalue weighted by atomic mass is 32.2. The van der Waals surface area contributed by atoms with E-state index >= 15 is 0 Å². The van der Waals surface area contributed by atoms with Crippen LogP contribution in [-0.4, -0.2) is 14.2 Å². The second-order valence-electron chi connectivity index (χ2n) is 8.73. The van der Waals surface area contributed by atoms with Crippen molar-refractivity contribution >= 4 is 21.5 Å². The molecule has 0 fully saturated rings. The molecule has 0 saturated heterocycles. The van der Waals surface area contributed by atoms with Crippen molar-refractivity contribution in [1.29, 1.82) is 0 Å². The van der Waals surface area contributed by atoms with Crippen LogP contribution < -0.4 is 4.31 Å². The van der Waals surface area contributed by atoms with Gasteiger partial charge in [-0.3, -0.25) is 9.10 Å². The van der Waals surface area contributed by atoms with Crippen molar-refractivity contribution in [3.8, 4) is 11.1 Å². The Kier molecular flexibility index (Phi) is 5.58. The van der Waals surface area contributed by atoms with Gasteiger partial charge in [-0.05, 0) is 49.2 Å². The minimum absolute atomic E-state index is 0.0411. The van der Waals surface area contributed by atoms with Crippen molar-refractivity contribution in [2.45, 2.75) is 31.2 Å². The Morgan fingerprint density at radius 2 is 1.41 bits per heavy atom. The Bertz CT molecular complexity index is 1480. The molecule has 0 amide bonds. The van der Waals surface area contributed by atoms with Gasteiger partial charge in [-0.2, -0.15) is 0 Å². The van der Waals surface area contributed by atoms with Crippen LogP contribution in [0.15, 0.2) is 102 Å². The summed E-state index contributed by atoms with van der Waals surface area (Å²) in [5.41, 5.74) is 5.84. The number of carbonyl (C=O) groups is 1. The number of nitrogens with zero attached hydrogens (tertiary/aromatic N) is 1. The molecule has 1 unspecified atom stereocenters. The maximum Gasteiger partial charge on any atom is 0.264 e. The Balaban J connectivity index is 1.72. The zero-order chi connectivity index (χ0) is 23.9. The van der Waals surface area contributed by atoms with Gasteiger partial charge in [0.2, 0.25) is 0 Å². The van der Waals surface area contributed by atoms with Gasteiger partial charge in [0.1, 0.15) is 0 Å². The summed E-state index contributed by atoms with van der Waals surface area (Å²) in [5.74, 6) is -0.0972. The van der Waals surface area contributed by atoms with Gasteiger partial charge in [-0.1, -0.05) is 83.9 Å². The topological polar surface area (TPSA) is 54.5 Å². The number of aryl methyl sites for hydroxylation is 2. The molecule has 34 heavy (non-hydrogen) atoms. The first-order valence-corrected chi connectivity index (χ1v) is 12.7. The monoisotopic (exact) mass is 467 g/mol. The second kappa shape index (κ2) is 8.58. The minimum atomic E-state index is -3.94. The van der Waals surface area contributed by atoms with E-state index in [0.717, 1.165) is 27.8 Å². The van der Waals surface area contributed by atoms with Crippen LogP contribution in [0.3, 0.4) is 0 Å². The molecule has 0 bridgehead atoms. The third-order valence-electron chi connectivity index (χ3n) is 6.33. The summed E-state index contributed by atoms with van der Waals surface area (Å²) in [7, 11) is -3.94. The maximum atomic E-state index is 14.1. The molecule has 1 aliphatic heterocycles. The molecule has 0 spiro atoms. The SMILES string of the molecule is Cc1ccc(S(=O)(=O)N2c3ccc(C)cc3-c3ccccc3C2CC(=O)c2ccccc2)cc1. The fourth-order valence-electron chi connectivity index (χ4n) is 4.62. The summed E-state index contributed by atoms with van der Waals surface area (Å²) in [6.07, 6.45) is 0.0411. The van der Waals surface area contributed by atoms with Crippen molar-refractivity contribution in [2.75, 3.05) is 4.31 Å². The predicted molar refractivity (Wildman–Crippen MR) is 136 cm³/mol. The molecule has 0 radical (unpaired) electrons. The van der Waals surface area contributed by atoms with Crippen LogP contribution in [0.5, 0.6) is 0 Å². The summed E-state index contributed by atoms with van der Waals surface area (Å²) in [6.45, 7) is 3.92. The van der Waals surface area contributed by atoms with Crippen molar-refractivity contribution < 1.29 is 13.2 Å². The third kappa shape index (κ3) is 3.82. The lowest BCUT2D eigenvalue weighted by Gasteiger charge is -2.39. The summed E-state index contributed by atoms with van der Waals surface area (Å²) in [6, 6.07) is 28.8. The molecule has 1 atom stereocenters. The standard InChI is InChI=1S/C29H25NO3S/c1-20-12-15-23(16-13-20)34(32,33)30-27-17-14-21(2)18-26(27)24-10-6-7-11-25(24)28(30)19-29(31)22-8-4-3-5-9-22/h3-18,28H,19H2,1-2H3. The van der Waals surface area contributed by atoms with Crippen molar-refractivity contribution in [3.63, 3.8) is 0 Å². The van der Waals surface area contributed by atoms with Crippen LogP contribution in [0.1, 0.15) is 39.5 Å². The van der Waals surface area contributed by atoms with Crippen LogP contribution in [0, 0.1) is 13.8 Å². The largest absolute Gasteiger partial charge is 0.294 e. The van der Waals surface area contributed by atoms with Gasteiger partial charge >= 0.3 is 0 Å². The molecule has 0 aromatic heterocycles. The molecule has 1 aliphatic rings. The molecule has 5 heteroatoms. The van der Waals surface area contributed by atoms with Crippen molar-refractivity contribution in [3.05, 3.63) is 119 Å². The first-order chi connectivity index (χ1) is 16.4. The van der Waals surface area contributed by atoms with Gasteiger partial charge < -0.3 is 0 Å². The normalized spacial score (nSPS) is 14.9. The molecule has 4 nitrogen and oxygen atoms in total. The molecule has 0 saturated carbocycles. The van der Waals surface area contributed by atoms with E-state index in [4.69, 9.17) is 0 Å². The average Bonchev–Trinajstić information content (AvgIpc) is 2.85. The van der Waals surface area contributed by atoms with Crippen LogP contribution in [0.25, 0.3) is 11.1 Å². The number of fused-ring (bicyclic) bond motifs is 3. The molecular weight excluding hydrogens is 442 g/mol. The zero-order valence-corrected chi connectivity index (χ0v) is 19.9. The van der Waals surface area contributed by atoms with Gasteiger partial charge in [0.05, 0.1) is 16.6 Å². The molecule has 4 aromatic rings. The number of hydrogen-bond acceptors (Lipinski definition) is 3. The maximum absolute atomic E-state index is 14.1. The quantitative estimate of drug-likeness (QED) is 0.315. The summed E-state index contributed by atoms with van der Waals surface area (Å²) in [5, 5.41) is 0. The number of sulfonamides is 1. The van der Waals surface area contributed by atoms with E-state index in [1.54, 1.807) is 36.4 Å². The Morgan fingerprint density at radius 3 is 2.15 bits per heavy atom. The van der Waals surface area contributed by atoms with Gasteiger partial charge in [0, 0.05) is 17.5 Å². The number of carbonyl (C=O) groups excluding carboxylic acids is 1. The van der Waals surface area contributed by atoms with Crippen LogP contribution in [0.4, 0.5) is 5.69 Å². The smallest absolute Gasteiger partial charge is 0.264 e. The lowest BCUT2D eigenvalue weighted by molar-refractivity contribution is 0.0975. The number of hydrogen-bond donors (Lipinski definition) is 0. The molecule has 170 valence electrons. The van der Waals surface area contributed by atoms with Crippen LogP contribution in [0.2, 0.25) is 0 Å². The highest BCUT2D eigenvalue weighted by Gasteiger charge is 2.40. The first kappa shape index (κ1) is 22.1. The van der Waals surface area contributed by atoms with Gasteiger partial charge in [-0.25, -0.2) is 8.42 Å². The van der Waals surface area contributed by atoms with Crippen LogP contribution >= 0.6 is 0 Å². The number of rotatable bonds is 5. The third-order valence-corrected chi connectivity index (χ3v) is 8.17. The van der Waals surface area contributed by atoms with E-state index in [1.165, 1.54) is 4.31 Å². The Hall–Kier alpha value is -3.70. The summed E-state index contributed by atoms with van der Waals surface area (Å²) >= 11 is 0. The Labute approximate surface area is 200 Å². The lowest BCUT2D eigenvalue weighted by Crippen LogP contribution is -2.38. The summed E-state index contributed by atoms with van der Waals surface area (Å²) < 4.78 is 29.7. The second-order valence-corrected chi connectivity index (χ2v) is 10.5.